The molecule has 0 saturated heterocycles. The highest BCUT2D eigenvalue weighted by Crippen LogP contribution is 2.27. The minimum atomic E-state index is -3.36. The zero-order chi connectivity index (χ0) is 15.5. The highest BCUT2D eigenvalue weighted by atomic mass is 32.2. The van der Waals surface area contributed by atoms with Gasteiger partial charge in [0.1, 0.15) is 5.75 Å². The third kappa shape index (κ3) is 4.32. The van der Waals surface area contributed by atoms with E-state index < -0.39 is 10.0 Å². The van der Waals surface area contributed by atoms with E-state index in [2.05, 4.69) is 20.2 Å². The summed E-state index contributed by atoms with van der Waals surface area (Å²) in [5.74, 6) is 1.33. The van der Waals surface area contributed by atoms with Gasteiger partial charge in [-0.15, -0.1) is 10.2 Å². The molecule has 0 aliphatic heterocycles. The van der Waals surface area contributed by atoms with E-state index in [0.717, 1.165) is 17.5 Å². The first kappa shape index (κ1) is 15.0. The van der Waals surface area contributed by atoms with Crippen molar-refractivity contribution in [1.29, 1.82) is 0 Å². The van der Waals surface area contributed by atoms with Crippen molar-refractivity contribution in [3.05, 3.63) is 35.9 Å². The SMILES string of the molecule is COc1ccc(C)cc1Nc1ccc(NS(C)(=O)=O)nn1. The monoisotopic (exact) mass is 308 g/mol. The Bertz CT molecular complexity index is 730. The van der Waals surface area contributed by atoms with Crippen molar-refractivity contribution in [3.8, 4) is 5.75 Å². The number of anilines is 3. The predicted molar refractivity (Wildman–Crippen MR) is 81.5 cm³/mol. The molecule has 112 valence electrons. The standard InChI is InChI=1S/C13H16N4O3S/c1-9-4-5-11(20-2)10(8-9)14-12-6-7-13(16-15-12)17-21(3,18)19/h4-8H,1-3H3,(H,14,15)(H,16,17). The molecule has 0 bridgehead atoms. The summed E-state index contributed by atoms with van der Waals surface area (Å²) in [6.45, 7) is 1.97. The molecule has 0 aliphatic carbocycles. The molecule has 0 fully saturated rings. The lowest BCUT2D eigenvalue weighted by Crippen LogP contribution is -2.11. The Morgan fingerprint density at radius 3 is 2.33 bits per heavy atom. The van der Waals surface area contributed by atoms with Gasteiger partial charge in [0.15, 0.2) is 11.6 Å². The molecule has 0 amide bonds. The number of nitrogens with zero attached hydrogens (tertiary/aromatic N) is 2. The summed E-state index contributed by atoms with van der Waals surface area (Å²) >= 11 is 0. The number of sulfonamides is 1. The van der Waals surface area contributed by atoms with E-state index in [9.17, 15) is 8.42 Å². The van der Waals surface area contributed by atoms with Gasteiger partial charge in [0.05, 0.1) is 19.1 Å². The largest absolute Gasteiger partial charge is 0.495 e. The lowest BCUT2D eigenvalue weighted by Gasteiger charge is -2.11. The first-order valence-electron chi connectivity index (χ1n) is 6.10. The van der Waals surface area contributed by atoms with Crippen LogP contribution in [0.25, 0.3) is 0 Å². The molecular weight excluding hydrogens is 292 g/mol. The molecule has 0 saturated carbocycles. The number of methoxy groups -OCH3 is 1. The second-order valence-electron chi connectivity index (χ2n) is 4.51. The highest BCUT2D eigenvalue weighted by molar-refractivity contribution is 7.92. The maximum absolute atomic E-state index is 11.1. The number of ether oxygens (including phenoxy) is 1. The normalized spacial score (nSPS) is 11.0. The van der Waals surface area contributed by atoms with E-state index in [1.165, 1.54) is 6.07 Å². The topological polar surface area (TPSA) is 93.2 Å². The molecule has 1 aromatic carbocycles. The first-order valence-corrected chi connectivity index (χ1v) is 8.00. The number of aryl methyl sites for hydroxylation is 1. The molecule has 0 spiro atoms. The van der Waals surface area contributed by atoms with Crippen LogP contribution in [0.2, 0.25) is 0 Å². The Labute approximate surface area is 123 Å². The van der Waals surface area contributed by atoms with Gasteiger partial charge >= 0.3 is 0 Å². The quantitative estimate of drug-likeness (QED) is 0.876. The number of rotatable bonds is 5. The Morgan fingerprint density at radius 1 is 1.10 bits per heavy atom. The summed E-state index contributed by atoms with van der Waals surface area (Å²) in [6, 6.07) is 8.86. The van der Waals surface area contributed by atoms with Crippen molar-refractivity contribution in [2.75, 3.05) is 23.4 Å². The minimum absolute atomic E-state index is 0.166. The Kier molecular flexibility index (Phi) is 4.27. The summed E-state index contributed by atoms with van der Waals surface area (Å²) < 4.78 is 29.7. The van der Waals surface area contributed by atoms with E-state index in [1.54, 1.807) is 13.2 Å². The molecule has 2 N–H and O–H groups in total. The lowest BCUT2D eigenvalue weighted by atomic mass is 10.2. The van der Waals surface area contributed by atoms with E-state index in [0.29, 0.717) is 11.6 Å². The van der Waals surface area contributed by atoms with Crippen LogP contribution in [0.1, 0.15) is 5.56 Å². The zero-order valence-electron chi connectivity index (χ0n) is 11.9. The van der Waals surface area contributed by atoms with Crippen LogP contribution in [0.3, 0.4) is 0 Å². The van der Waals surface area contributed by atoms with Gasteiger partial charge in [-0.05, 0) is 36.8 Å². The number of hydrogen-bond donors (Lipinski definition) is 2. The van der Waals surface area contributed by atoms with Gasteiger partial charge in [0.2, 0.25) is 10.0 Å². The van der Waals surface area contributed by atoms with Crippen LogP contribution in [0.5, 0.6) is 5.75 Å². The van der Waals surface area contributed by atoms with Gasteiger partial charge in [0, 0.05) is 0 Å². The molecule has 0 unspecified atom stereocenters. The van der Waals surface area contributed by atoms with Crippen LogP contribution < -0.4 is 14.8 Å². The van der Waals surface area contributed by atoms with Crippen LogP contribution in [0, 0.1) is 6.92 Å². The van der Waals surface area contributed by atoms with Gasteiger partial charge in [-0.1, -0.05) is 6.07 Å². The van der Waals surface area contributed by atoms with E-state index in [1.807, 2.05) is 25.1 Å². The van der Waals surface area contributed by atoms with Crippen LogP contribution >= 0.6 is 0 Å². The summed E-state index contributed by atoms with van der Waals surface area (Å²) in [6.07, 6.45) is 1.05. The molecule has 7 nitrogen and oxygen atoms in total. The third-order valence-corrected chi connectivity index (χ3v) is 3.15. The van der Waals surface area contributed by atoms with Crippen LogP contribution in [-0.4, -0.2) is 32.0 Å². The molecule has 0 radical (unpaired) electrons. The van der Waals surface area contributed by atoms with Crippen LogP contribution in [-0.2, 0) is 10.0 Å². The minimum Gasteiger partial charge on any atom is -0.495 e. The Hall–Kier alpha value is -2.35. The third-order valence-electron chi connectivity index (χ3n) is 2.57. The number of aromatic nitrogens is 2. The highest BCUT2D eigenvalue weighted by Gasteiger charge is 2.07. The van der Waals surface area contributed by atoms with Gasteiger partial charge in [-0.25, -0.2) is 8.42 Å². The van der Waals surface area contributed by atoms with Crippen molar-refractivity contribution < 1.29 is 13.2 Å². The second-order valence-corrected chi connectivity index (χ2v) is 6.26. The second kappa shape index (κ2) is 5.96. The molecule has 2 rings (SSSR count). The molecule has 1 heterocycles. The van der Waals surface area contributed by atoms with Crippen LogP contribution in [0.4, 0.5) is 17.3 Å². The van der Waals surface area contributed by atoms with Crippen molar-refractivity contribution in [1.82, 2.24) is 10.2 Å². The fourth-order valence-electron chi connectivity index (χ4n) is 1.70. The molecule has 8 heteroatoms. The van der Waals surface area contributed by atoms with E-state index >= 15 is 0 Å². The fraction of sp³-hybridized carbons (Fsp3) is 0.231. The Balaban J connectivity index is 2.19. The summed E-state index contributed by atoms with van der Waals surface area (Å²) in [5.41, 5.74) is 1.83. The maximum atomic E-state index is 11.1. The average molecular weight is 308 g/mol. The molecule has 1 aromatic heterocycles. The molecule has 0 aliphatic rings. The zero-order valence-corrected chi connectivity index (χ0v) is 12.7. The molecule has 21 heavy (non-hydrogen) atoms. The van der Waals surface area contributed by atoms with E-state index in [-0.39, 0.29) is 5.82 Å². The molecule has 2 aromatic rings. The number of hydrogen-bond acceptors (Lipinski definition) is 6. The van der Waals surface area contributed by atoms with Gasteiger partial charge in [0.25, 0.3) is 0 Å². The lowest BCUT2D eigenvalue weighted by molar-refractivity contribution is 0.416. The fourth-order valence-corrected chi connectivity index (χ4v) is 2.19. The van der Waals surface area contributed by atoms with Gasteiger partial charge in [-0.2, -0.15) is 0 Å². The van der Waals surface area contributed by atoms with E-state index in [4.69, 9.17) is 4.74 Å². The summed E-state index contributed by atoms with van der Waals surface area (Å²) in [7, 11) is -1.77. The maximum Gasteiger partial charge on any atom is 0.231 e. The molecular formula is C13H16N4O3S. The predicted octanol–water partition coefficient (Wildman–Crippen LogP) is 1.91. The Morgan fingerprint density at radius 2 is 1.76 bits per heavy atom. The van der Waals surface area contributed by atoms with Gasteiger partial charge < -0.3 is 10.1 Å². The van der Waals surface area contributed by atoms with Crippen molar-refractivity contribution >= 4 is 27.3 Å². The summed E-state index contributed by atoms with van der Waals surface area (Å²) in [4.78, 5) is 0. The van der Waals surface area contributed by atoms with Crippen molar-refractivity contribution in [3.63, 3.8) is 0 Å². The summed E-state index contributed by atoms with van der Waals surface area (Å²) in [5, 5.41) is 10.8. The smallest absolute Gasteiger partial charge is 0.231 e. The van der Waals surface area contributed by atoms with Crippen molar-refractivity contribution in [2.45, 2.75) is 6.92 Å². The average Bonchev–Trinajstić information content (AvgIpc) is 2.40. The first-order chi connectivity index (χ1) is 9.87. The van der Waals surface area contributed by atoms with Crippen molar-refractivity contribution in [2.24, 2.45) is 0 Å². The van der Waals surface area contributed by atoms with Gasteiger partial charge in [-0.3, -0.25) is 4.72 Å². The number of nitrogens with one attached hydrogen (secondary N) is 2. The van der Waals surface area contributed by atoms with Crippen LogP contribution in [0.15, 0.2) is 30.3 Å². The number of benzene rings is 1. The molecule has 0 atom stereocenters.